The predicted octanol–water partition coefficient (Wildman–Crippen LogP) is 2.47. The van der Waals surface area contributed by atoms with E-state index in [9.17, 15) is 18.4 Å². The molecule has 2 amide bonds. The molecule has 1 fully saturated rings. The second kappa shape index (κ2) is 7.63. The maximum absolute atomic E-state index is 13.4. The van der Waals surface area contributed by atoms with Gasteiger partial charge in [-0.05, 0) is 19.1 Å². The van der Waals surface area contributed by atoms with Crippen molar-refractivity contribution in [2.45, 2.75) is 32.0 Å². The average Bonchev–Trinajstić information content (AvgIpc) is 3.16. The van der Waals surface area contributed by atoms with Crippen molar-refractivity contribution in [2.24, 2.45) is 5.73 Å². The van der Waals surface area contributed by atoms with E-state index >= 15 is 0 Å². The van der Waals surface area contributed by atoms with Gasteiger partial charge in [0.15, 0.2) is 11.0 Å². The summed E-state index contributed by atoms with van der Waals surface area (Å²) in [7, 11) is 0. The van der Waals surface area contributed by atoms with Gasteiger partial charge in [-0.15, -0.1) is 0 Å². The molecule has 1 unspecified atom stereocenters. The van der Waals surface area contributed by atoms with Gasteiger partial charge >= 0.3 is 6.09 Å². The first kappa shape index (κ1) is 20.2. The Morgan fingerprint density at radius 2 is 2.17 bits per heavy atom. The zero-order valence-corrected chi connectivity index (χ0v) is 16.5. The molecule has 160 valence electrons. The Kier molecular flexibility index (Phi) is 5.14. The minimum atomic E-state index is -2.81. The summed E-state index contributed by atoms with van der Waals surface area (Å²) < 4.78 is 38.9. The van der Waals surface area contributed by atoms with Gasteiger partial charge in [-0.1, -0.05) is 11.6 Å². The molecule has 3 heterocycles. The van der Waals surface area contributed by atoms with Crippen LogP contribution in [0.3, 0.4) is 0 Å². The number of imidazole rings is 1. The first-order valence-corrected chi connectivity index (χ1v) is 9.49. The molecular formula is C18H18ClF2N5O4. The van der Waals surface area contributed by atoms with E-state index < -0.39 is 37.1 Å². The molecular weight excluding hydrogens is 424 g/mol. The number of carbonyl (C=O) groups excluding carboxylic acids is 2. The number of hydrogen-bond acceptors (Lipinski definition) is 6. The Hall–Kier alpha value is -3.08. The van der Waals surface area contributed by atoms with Crippen molar-refractivity contribution in [2.75, 3.05) is 23.4 Å². The zero-order valence-electron chi connectivity index (χ0n) is 15.8. The van der Waals surface area contributed by atoms with Crippen molar-refractivity contribution in [3.8, 4) is 17.1 Å². The minimum Gasteiger partial charge on any atom is -0.491 e. The highest BCUT2D eigenvalue weighted by molar-refractivity contribution is 6.32. The van der Waals surface area contributed by atoms with E-state index in [1.807, 2.05) is 0 Å². The predicted molar refractivity (Wildman–Crippen MR) is 104 cm³/mol. The van der Waals surface area contributed by atoms with Gasteiger partial charge in [0, 0.05) is 11.8 Å². The normalized spacial score (nSPS) is 18.9. The van der Waals surface area contributed by atoms with Crippen LogP contribution in [0, 0.1) is 0 Å². The third-order valence-corrected chi connectivity index (χ3v) is 5.29. The lowest BCUT2D eigenvalue weighted by Gasteiger charge is -2.18. The fraction of sp³-hybridized carbons (Fsp3) is 0.389. The van der Waals surface area contributed by atoms with Crippen molar-refractivity contribution in [1.29, 1.82) is 0 Å². The number of ether oxygens (including phenoxy) is 2. The third-order valence-electron chi connectivity index (χ3n) is 4.92. The smallest absolute Gasteiger partial charge is 0.416 e. The van der Waals surface area contributed by atoms with Crippen LogP contribution in [0.2, 0.25) is 5.15 Å². The van der Waals surface area contributed by atoms with E-state index in [-0.39, 0.29) is 17.6 Å². The largest absolute Gasteiger partial charge is 0.491 e. The van der Waals surface area contributed by atoms with Crippen molar-refractivity contribution in [1.82, 2.24) is 9.55 Å². The summed E-state index contributed by atoms with van der Waals surface area (Å²) in [5, 5.41) is 3.00. The van der Waals surface area contributed by atoms with Crippen LogP contribution in [0.5, 0.6) is 5.75 Å². The van der Waals surface area contributed by atoms with Crippen LogP contribution in [0.1, 0.15) is 6.92 Å². The number of halogens is 3. The summed E-state index contributed by atoms with van der Waals surface area (Å²) in [6.45, 7) is 1.70. The van der Waals surface area contributed by atoms with Crippen LogP contribution in [-0.2, 0) is 16.1 Å². The van der Waals surface area contributed by atoms with Crippen molar-refractivity contribution >= 4 is 35.1 Å². The summed E-state index contributed by atoms with van der Waals surface area (Å²) >= 11 is 6.42. The molecule has 0 saturated carbocycles. The van der Waals surface area contributed by atoms with Gasteiger partial charge in [0.25, 0.3) is 6.43 Å². The molecule has 12 heteroatoms. The van der Waals surface area contributed by atoms with Gasteiger partial charge < -0.3 is 25.1 Å². The number of primary amides is 1. The molecule has 1 saturated heterocycles. The van der Waals surface area contributed by atoms with Crippen LogP contribution >= 0.6 is 11.6 Å². The molecule has 0 aliphatic carbocycles. The Bertz CT molecular complexity index is 1010. The summed E-state index contributed by atoms with van der Waals surface area (Å²) in [5.74, 6) is 0.226. The monoisotopic (exact) mass is 441 g/mol. The number of amides is 2. The average molecular weight is 442 g/mol. The SMILES string of the molecule is C[C@H](Nc1ccc2c(c1)OCCn1c-2nc(N2C(=O)OCC2C(F)F)c1Cl)C(N)=O. The third kappa shape index (κ3) is 3.38. The molecule has 2 aliphatic rings. The Balaban J connectivity index is 1.74. The summed E-state index contributed by atoms with van der Waals surface area (Å²) in [6, 6.07) is 3.02. The first-order valence-electron chi connectivity index (χ1n) is 9.11. The number of carbonyl (C=O) groups is 2. The lowest BCUT2D eigenvalue weighted by atomic mass is 10.1. The number of aromatic nitrogens is 2. The summed E-state index contributed by atoms with van der Waals surface area (Å²) in [6.07, 6.45) is -3.74. The molecule has 2 aliphatic heterocycles. The fourth-order valence-corrected chi connectivity index (χ4v) is 3.63. The number of nitrogens with one attached hydrogen (secondary N) is 1. The van der Waals surface area contributed by atoms with Crippen LogP contribution in [0.4, 0.5) is 25.1 Å². The van der Waals surface area contributed by atoms with Crippen molar-refractivity contribution < 1.29 is 27.8 Å². The van der Waals surface area contributed by atoms with Crippen LogP contribution < -0.4 is 20.7 Å². The van der Waals surface area contributed by atoms with Gasteiger partial charge in [-0.2, -0.15) is 0 Å². The Morgan fingerprint density at radius 1 is 1.40 bits per heavy atom. The number of nitrogens with two attached hydrogens (primary N) is 1. The van der Waals surface area contributed by atoms with E-state index in [0.29, 0.717) is 29.4 Å². The number of anilines is 2. The molecule has 30 heavy (non-hydrogen) atoms. The maximum atomic E-state index is 13.4. The maximum Gasteiger partial charge on any atom is 0.416 e. The highest BCUT2D eigenvalue weighted by atomic mass is 35.5. The van der Waals surface area contributed by atoms with E-state index in [4.69, 9.17) is 26.8 Å². The molecule has 3 N–H and O–H groups in total. The summed E-state index contributed by atoms with van der Waals surface area (Å²) in [5.41, 5.74) is 6.43. The molecule has 0 bridgehead atoms. The van der Waals surface area contributed by atoms with Gasteiger partial charge in [0.05, 0.1) is 12.1 Å². The molecule has 1 aromatic heterocycles. The molecule has 4 rings (SSSR count). The van der Waals surface area contributed by atoms with E-state index in [2.05, 4.69) is 10.3 Å². The summed E-state index contributed by atoms with van der Waals surface area (Å²) in [4.78, 5) is 28.5. The quantitative estimate of drug-likeness (QED) is 0.737. The van der Waals surface area contributed by atoms with Crippen LogP contribution in [-0.4, -0.2) is 53.3 Å². The molecule has 2 atom stereocenters. The topological polar surface area (TPSA) is 112 Å². The number of benzene rings is 1. The molecule has 9 nitrogen and oxygen atoms in total. The molecule has 2 aromatic rings. The first-order chi connectivity index (χ1) is 14.3. The second-order valence-electron chi connectivity index (χ2n) is 6.88. The highest BCUT2D eigenvalue weighted by Crippen LogP contribution is 2.40. The minimum absolute atomic E-state index is 0.0375. The van der Waals surface area contributed by atoms with E-state index in [1.165, 1.54) is 0 Å². The van der Waals surface area contributed by atoms with Crippen LogP contribution in [0.25, 0.3) is 11.4 Å². The lowest BCUT2D eigenvalue weighted by molar-refractivity contribution is -0.118. The van der Waals surface area contributed by atoms with E-state index in [0.717, 1.165) is 4.90 Å². The Labute approximate surface area is 174 Å². The van der Waals surface area contributed by atoms with E-state index in [1.54, 1.807) is 29.7 Å². The number of fused-ring (bicyclic) bond motifs is 3. The van der Waals surface area contributed by atoms with Gasteiger partial charge in [-0.25, -0.2) is 23.5 Å². The number of alkyl halides is 2. The number of cyclic esters (lactones) is 1. The molecule has 1 aromatic carbocycles. The fourth-order valence-electron chi connectivity index (χ4n) is 3.33. The number of nitrogens with zero attached hydrogens (tertiary/aromatic N) is 3. The molecule has 0 spiro atoms. The standard InChI is InChI=1S/C18H18ClF2N5O4/c1-8(15(22)27)23-9-2-3-10-12(6-9)29-5-4-25-13(19)17(24-16(10)25)26-11(14(20)21)7-30-18(26)28/h2-3,6,8,11,14,23H,4-5,7H2,1H3,(H2,22,27)/t8-,11?/m0/s1. The van der Waals surface area contributed by atoms with Crippen molar-refractivity contribution in [3.05, 3.63) is 23.4 Å². The molecule has 0 radical (unpaired) electrons. The lowest BCUT2D eigenvalue weighted by Crippen LogP contribution is -2.39. The Morgan fingerprint density at radius 3 is 2.87 bits per heavy atom. The number of hydrogen-bond donors (Lipinski definition) is 2. The highest BCUT2D eigenvalue weighted by Gasteiger charge is 2.43. The number of rotatable bonds is 5. The van der Waals surface area contributed by atoms with Gasteiger partial charge in [0.2, 0.25) is 5.91 Å². The van der Waals surface area contributed by atoms with Crippen LogP contribution in [0.15, 0.2) is 18.2 Å². The van der Waals surface area contributed by atoms with Gasteiger partial charge in [-0.3, -0.25) is 4.79 Å². The zero-order chi connectivity index (χ0) is 21.6. The second-order valence-corrected chi connectivity index (χ2v) is 7.24. The van der Waals surface area contributed by atoms with Crippen molar-refractivity contribution in [3.63, 3.8) is 0 Å². The van der Waals surface area contributed by atoms with Gasteiger partial charge in [0.1, 0.15) is 36.9 Å².